The SMILES string of the molecule is Cc1cc(C)c2nc(Cl)c(CO)cc2c1. The molecule has 0 unspecified atom stereocenters. The van der Waals surface area contributed by atoms with Crippen molar-refractivity contribution in [3.63, 3.8) is 0 Å². The van der Waals surface area contributed by atoms with Crippen molar-refractivity contribution in [3.8, 4) is 0 Å². The molecule has 0 aliphatic heterocycles. The first-order valence-electron chi connectivity index (χ1n) is 4.79. The number of fused-ring (bicyclic) bond motifs is 1. The van der Waals surface area contributed by atoms with E-state index in [0.29, 0.717) is 10.7 Å². The van der Waals surface area contributed by atoms with Gasteiger partial charge in [0.1, 0.15) is 5.15 Å². The van der Waals surface area contributed by atoms with E-state index in [1.807, 2.05) is 26.0 Å². The first-order valence-corrected chi connectivity index (χ1v) is 5.17. The van der Waals surface area contributed by atoms with Crippen LogP contribution in [0.3, 0.4) is 0 Å². The predicted molar refractivity (Wildman–Crippen MR) is 62.1 cm³/mol. The van der Waals surface area contributed by atoms with Gasteiger partial charge in [-0.25, -0.2) is 4.98 Å². The highest BCUT2D eigenvalue weighted by molar-refractivity contribution is 6.30. The standard InChI is InChI=1S/C12H12ClNO/c1-7-3-8(2)11-9(4-7)5-10(6-15)12(13)14-11/h3-5,15H,6H2,1-2H3. The van der Waals surface area contributed by atoms with Crippen molar-refractivity contribution in [1.29, 1.82) is 0 Å². The molecule has 0 aliphatic carbocycles. The van der Waals surface area contributed by atoms with Crippen molar-refractivity contribution in [2.24, 2.45) is 0 Å². The molecule has 78 valence electrons. The van der Waals surface area contributed by atoms with Crippen LogP contribution in [0, 0.1) is 13.8 Å². The Bertz CT molecular complexity index is 523. The normalized spacial score (nSPS) is 10.9. The lowest BCUT2D eigenvalue weighted by Crippen LogP contribution is -1.92. The molecule has 3 heteroatoms. The summed E-state index contributed by atoms with van der Waals surface area (Å²) in [6.07, 6.45) is 0. The highest BCUT2D eigenvalue weighted by Gasteiger charge is 2.06. The molecule has 0 spiro atoms. The quantitative estimate of drug-likeness (QED) is 0.751. The fraction of sp³-hybridized carbons (Fsp3) is 0.250. The molecule has 2 aromatic rings. The summed E-state index contributed by atoms with van der Waals surface area (Å²) in [7, 11) is 0. The van der Waals surface area contributed by atoms with Crippen LogP contribution in [0.2, 0.25) is 5.15 Å². The number of aliphatic hydroxyl groups excluding tert-OH is 1. The summed E-state index contributed by atoms with van der Waals surface area (Å²) in [6.45, 7) is 3.98. The molecular formula is C12H12ClNO. The molecule has 0 aliphatic rings. The third-order valence-corrected chi connectivity index (χ3v) is 2.78. The van der Waals surface area contributed by atoms with Crippen LogP contribution in [0.5, 0.6) is 0 Å². The van der Waals surface area contributed by atoms with Crippen LogP contribution in [-0.4, -0.2) is 10.1 Å². The molecule has 1 aromatic carbocycles. The Balaban J connectivity index is 2.81. The third-order valence-electron chi connectivity index (χ3n) is 2.45. The Morgan fingerprint density at radius 2 is 2.00 bits per heavy atom. The maximum atomic E-state index is 9.09. The first kappa shape index (κ1) is 10.4. The summed E-state index contributed by atoms with van der Waals surface area (Å²) in [5.41, 5.74) is 3.88. The van der Waals surface area contributed by atoms with Crippen LogP contribution >= 0.6 is 11.6 Å². The number of nitrogens with zero attached hydrogens (tertiary/aromatic N) is 1. The van der Waals surface area contributed by atoms with Crippen molar-refractivity contribution >= 4 is 22.5 Å². The number of benzene rings is 1. The second-order valence-electron chi connectivity index (χ2n) is 3.75. The second-order valence-corrected chi connectivity index (χ2v) is 4.11. The van der Waals surface area contributed by atoms with E-state index in [4.69, 9.17) is 16.7 Å². The topological polar surface area (TPSA) is 33.1 Å². The Labute approximate surface area is 93.5 Å². The number of hydrogen-bond donors (Lipinski definition) is 1. The Morgan fingerprint density at radius 3 is 2.67 bits per heavy atom. The number of aryl methyl sites for hydroxylation is 2. The molecule has 15 heavy (non-hydrogen) atoms. The molecule has 0 amide bonds. The minimum Gasteiger partial charge on any atom is -0.392 e. The second kappa shape index (κ2) is 3.80. The summed E-state index contributed by atoms with van der Waals surface area (Å²) < 4.78 is 0. The predicted octanol–water partition coefficient (Wildman–Crippen LogP) is 3.00. The molecular weight excluding hydrogens is 210 g/mol. The maximum Gasteiger partial charge on any atom is 0.135 e. The summed E-state index contributed by atoms with van der Waals surface area (Å²) >= 11 is 5.94. The summed E-state index contributed by atoms with van der Waals surface area (Å²) in [5.74, 6) is 0. The van der Waals surface area contributed by atoms with Crippen molar-refractivity contribution < 1.29 is 5.11 Å². The molecule has 2 nitrogen and oxygen atoms in total. The molecule has 0 saturated carbocycles. The van der Waals surface area contributed by atoms with Crippen LogP contribution in [0.15, 0.2) is 18.2 Å². The Kier molecular flexibility index (Phi) is 2.63. The Morgan fingerprint density at radius 1 is 1.27 bits per heavy atom. The minimum absolute atomic E-state index is 0.0746. The van der Waals surface area contributed by atoms with Crippen LogP contribution in [0.1, 0.15) is 16.7 Å². The van der Waals surface area contributed by atoms with E-state index in [1.54, 1.807) is 0 Å². The van der Waals surface area contributed by atoms with Gasteiger partial charge in [-0.3, -0.25) is 0 Å². The maximum absolute atomic E-state index is 9.09. The number of aliphatic hydroxyl groups is 1. The third kappa shape index (κ3) is 1.83. The van der Waals surface area contributed by atoms with Crippen LogP contribution in [0.4, 0.5) is 0 Å². The van der Waals surface area contributed by atoms with E-state index in [9.17, 15) is 0 Å². The summed E-state index contributed by atoms with van der Waals surface area (Å²) in [5, 5.41) is 10.5. The zero-order valence-electron chi connectivity index (χ0n) is 8.71. The van der Waals surface area contributed by atoms with Gasteiger partial charge >= 0.3 is 0 Å². The van der Waals surface area contributed by atoms with Crippen molar-refractivity contribution in [2.75, 3.05) is 0 Å². The van der Waals surface area contributed by atoms with Crippen LogP contribution in [0.25, 0.3) is 10.9 Å². The largest absolute Gasteiger partial charge is 0.392 e. The zero-order chi connectivity index (χ0) is 11.0. The zero-order valence-corrected chi connectivity index (χ0v) is 9.47. The fourth-order valence-corrected chi connectivity index (χ4v) is 1.98. The van der Waals surface area contributed by atoms with Gasteiger partial charge in [-0.2, -0.15) is 0 Å². The fourth-order valence-electron chi connectivity index (χ4n) is 1.78. The highest BCUT2D eigenvalue weighted by atomic mass is 35.5. The molecule has 0 radical (unpaired) electrons. The average molecular weight is 222 g/mol. The molecule has 1 aromatic heterocycles. The van der Waals surface area contributed by atoms with Gasteiger partial charge in [-0.15, -0.1) is 0 Å². The van der Waals surface area contributed by atoms with Gasteiger partial charge in [0, 0.05) is 10.9 Å². The van der Waals surface area contributed by atoms with E-state index in [1.165, 1.54) is 5.56 Å². The van der Waals surface area contributed by atoms with E-state index in [0.717, 1.165) is 16.5 Å². The van der Waals surface area contributed by atoms with Crippen molar-refractivity contribution in [2.45, 2.75) is 20.5 Å². The van der Waals surface area contributed by atoms with Gasteiger partial charge in [0.05, 0.1) is 12.1 Å². The first-order chi connectivity index (χ1) is 7.11. The number of hydrogen-bond acceptors (Lipinski definition) is 2. The molecule has 1 N–H and O–H groups in total. The van der Waals surface area contributed by atoms with E-state index < -0.39 is 0 Å². The van der Waals surface area contributed by atoms with Crippen LogP contribution < -0.4 is 0 Å². The molecule has 0 fully saturated rings. The average Bonchev–Trinajstić information content (AvgIpc) is 2.18. The summed E-state index contributed by atoms with van der Waals surface area (Å²) in [6, 6.07) is 6.01. The Hall–Kier alpha value is -1.12. The van der Waals surface area contributed by atoms with Crippen molar-refractivity contribution in [3.05, 3.63) is 40.0 Å². The lowest BCUT2D eigenvalue weighted by atomic mass is 10.1. The number of aromatic nitrogens is 1. The van der Waals surface area contributed by atoms with Gasteiger partial charge < -0.3 is 5.11 Å². The molecule has 0 saturated heterocycles. The van der Waals surface area contributed by atoms with E-state index in [-0.39, 0.29) is 6.61 Å². The lowest BCUT2D eigenvalue weighted by molar-refractivity contribution is 0.281. The van der Waals surface area contributed by atoms with Crippen LogP contribution in [-0.2, 0) is 6.61 Å². The smallest absolute Gasteiger partial charge is 0.135 e. The molecule has 1 heterocycles. The number of rotatable bonds is 1. The van der Waals surface area contributed by atoms with Gasteiger partial charge in [0.25, 0.3) is 0 Å². The minimum atomic E-state index is -0.0746. The monoisotopic (exact) mass is 221 g/mol. The van der Waals surface area contributed by atoms with Gasteiger partial charge in [-0.1, -0.05) is 23.2 Å². The lowest BCUT2D eigenvalue weighted by Gasteiger charge is -2.06. The van der Waals surface area contributed by atoms with E-state index >= 15 is 0 Å². The number of halogens is 1. The van der Waals surface area contributed by atoms with Gasteiger partial charge in [0.15, 0.2) is 0 Å². The molecule has 2 rings (SSSR count). The summed E-state index contributed by atoms with van der Waals surface area (Å²) in [4.78, 5) is 4.29. The molecule has 0 bridgehead atoms. The van der Waals surface area contributed by atoms with Crippen molar-refractivity contribution in [1.82, 2.24) is 4.98 Å². The molecule has 0 atom stereocenters. The van der Waals surface area contributed by atoms with Gasteiger partial charge in [0.2, 0.25) is 0 Å². The van der Waals surface area contributed by atoms with Gasteiger partial charge in [-0.05, 0) is 31.5 Å². The highest BCUT2D eigenvalue weighted by Crippen LogP contribution is 2.24. The number of pyridine rings is 1. The van der Waals surface area contributed by atoms with E-state index in [2.05, 4.69) is 11.1 Å².